The van der Waals surface area contributed by atoms with Gasteiger partial charge in [-0.1, -0.05) is 60.6 Å². The van der Waals surface area contributed by atoms with E-state index in [1.165, 1.54) is 5.56 Å². The lowest BCUT2D eigenvalue weighted by atomic mass is 9.69. The molecule has 0 N–H and O–H groups in total. The SMILES string of the molecule is CCC1(OC(=O)COc2ccc(C(CC(C)(C)C)C(C)(C)C)cc2)CCCC1. The average molecular weight is 389 g/mol. The molecule has 1 aliphatic carbocycles. The molecule has 0 heterocycles. The Bertz CT molecular complexity index is 625. The minimum absolute atomic E-state index is 0.0220. The number of carbonyl (C=O) groups is 1. The highest BCUT2D eigenvalue weighted by Gasteiger charge is 2.36. The average Bonchev–Trinajstić information content (AvgIpc) is 3.06. The van der Waals surface area contributed by atoms with Crippen molar-refractivity contribution in [2.24, 2.45) is 10.8 Å². The zero-order valence-electron chi connectivity index (χ0n) is 19.1. The van der Waals surface area contributed by atoms with Crippen LogP contribution >= 0.6 is 0 Å². The van der Waals surface area contributed by atoms with E-state index >= 15 is 0 Å². The van der Waals surface area contributed by atoms with E-state index in [-0.39, 0.29) is 29.0 Å². The fourth-order valence-electron chi connectivity index (χ4n) is 4.29. The summed E-state index contributed by atoms with van der Waals surface area (Å²) in [4.78, 5) is 12.3. The van der Waals surface area contributed by atoms with Gasteiger partial charge in [0.2, 0.25) is 0 Å². The summed E-state index contributed by atoms with van der Waals surface area (Å²) in [7, 11) is 0. The number of rotatable bonds is 7. The van der Waals surface area contributed by atoms with Crippen molar-refractivity contribution in [1.82, 2.24) is 0 Å². The fraction of sp³-hybridized carbons (Fsp3) is 0.720. The van der Waals surface area contributed by atoms with Crippen LogP contribution in [0.2, 0.25) is 0 Å². The Morgan fingerprint density at radius 3 is 2.07 bits per heavy atom. The van der Waals surface area contributed by atoms with Gasteiger partial charge in [0.1, 0.15) is 11.4 Å². The first-order valence-electron chi connectivity index (χ1n) is 10.9. The number of hydrogen-bond donors (Lipinski definition) is 0. The van der Waals surface area contributed by atoms with Crippen LogP contribution in [0.4, 0.5) is 0 Å². The summed E-state index contributed by atoms with van der Waals surface area (Å²) in [6.45, 7) is 15.9. The van der Waals surface area contributed by atoms with Gasteiger partial charge < -0.3 is 9.47 Å². The van der Waals surface area contributed by atoms with Crippen LogP contribution in [0.15, 0.2) is 24.3 Å². The Morgan fingerprint density at radius 2 is 1.61 bits per heavy atom. The van der Waals surface area contributed by atoms with Crippen LogP contribution in [-0.4, -0.2) is 18.2 Å². The Labute approximate surface area is 172 Å². The molecule has 1 unspecified atom stereocenters. The molecule has 0 radical (unpaired) electrons. The molecule has 1 atom stereocenters. The van der Waals surface area contributed by atoms with E-state index in [4.69, 9.17) is 9.47 Å². The third kappa shape index (κ3) is 6.53. The van der Waals surface area contributed by atoms with Crippen molar-refractivity contribution in [2.45, 2.75) is 98.5 Å². The highest BCUT2D eigenvalue weighted by atomic mass is 16.6. The van der Waals surface area contributed by atoms with Crippen molar-refractivity contribution < 1.29 is 14.3 Å². The normalized spacial score (nSPS) is 18.0. The Morgan fingerprint density at radius 1 is 1.04 bits per heavy atom. The summed E-state index contributed by atoms with van der Waals surface area (Å²) in [5.74, 6) is 0.938. The maximum atomic E-state index is 12.3. The molecular formula is C25H40O3. The number of esters is 1. The van der Waals surface area contributed by atoms with Gasteiger partial charge >= 0.3 is 5.97 Å². The van der Waals surface area contributed by atoms with Crippen LogP contribution in [0.5, 0.6) is 5.75 Å². The topological polar surface area (TPSA) is 35.5 Å². The van der Waals surface area contributed by atoms with E-state index in [2.05, 4.69) is 60.6 Å². The minimum atomic E-state index is -0.256. The lowest BCUT2D eigenvalue weighted by Gasteiger charge is -2.36. The van der Waals surface area contributed by atoms with E-state index in [1.54, 1.807) is 0 Å². The number of hydrogen-bond acceptors (Lipinski definition) is 3. The fourth-order valence-corrected chi connectivity index (χ4v) is 4.29. The van der Waals surface area contributed by atoms with Gasteiger partial charge in [-0.2, -0.15) is 0 Å². The molecule has 0 aliphatic heterocycles. The van der Waals surface area contributed by atoms with Crippen molar-refractivity contribution in [1.29, 1.82) is 0 Å². The highest BCUT2D eigenvalue weighted by molar-refractivity contribution is 5.71. The molecule has 0 aromatic heterocycles. The van der Waals surface area contributed by atoms with Crippen molar-refractivity contribution in [3.8, 4) is 5.75 Å². The molecular weight excluding hydrogens is 348 g/mol. The molecule has 0 spiro atoms. The van der Waals surface area contributed by atoms with Gasteiger partial charge in [-0.3, -0.25) is 0 Å². The second kappa shape index (κ2) is 8.88. The molecule has 28 heavy (non-hydrogen) atoms. The van der Waals surface area contributed by atoms with Gasteiger partial charge in [0.05, 0.1) is 0 Å². The lowest BCUT2D eigenvalue weighted by molar-refractivity contribution is -0.162. The molecule has 0 saturated heterocycles. The second-order valence-electron chi connectivity index (χ2n) is 10.8. The molecule has 1 fully saturated rings. The molecule has 158 valence electrons. The first-order valence-corrected chi connectivity index (χ1v) is 10.9. The van der Waals surface area contributed by atoms with Crippen LogP contribution in [0.3, 0.4) is 0 Å². The molecule has 3 heteroatoms. The lowest BCUT2D eigenvalue weighted by Crippen LogP contribution is -2.33. The van der Waals surface area contributed by atoms with Gasteiger partial charge in [-0.25, -0.2) is 4.79 Å². The Kier molecular flexibility index (Phi) is 7.22. The molecule has 1 saturated carbocycles. The largest absolute Gasteiger partial charge is 0.482 e. The van der Waals surface area contributed by atoms with Crippen molar-refractivity contribution in [2.75, 3.05) is 6.61 Å². The van der Waals surface area contributed by atoms with Crippen molar-refractivity contribution >= 4 is 5.97 Å². The van der Waals surface area contributed by atoms with E-state index in [1.807, 2.05) is 12.1 Å². The molecule has 0 bridgehead atoms. The van der Waals surface area contributed by atoms with E-state index < -0.39 is 0 Å². The second-order valence-corrected chi connectivity index (χ2v) is 10.8. The maximum Gasteiger partial charge on any atom is 0.344 e. The van der Waals surface area contributed by atoms with Crippen LogP contribution in [0.1, 0.15) is 98.5 Å². The van der Waals surface area contributed by atoms with Gasteiger partial charge in [-0.15, -0.1) is 0 Å². The van der Waals surface area contributed by atoms with Gasteiger partial charge in [-0.05, 0) is 73.0 Å². The first-order chi connectivity index (χ1) is 12.9. The summed E-state index contributed by atoms with van der Waals surface area (Å²) in [6.07, 6.45) is 6.26. The van der Waals surface area contributed by atoms with Crippen molar-refractivity contribution in [3.63, 3.8) is 0 Å². The smallest absolute Gasteiger partial charge is 0.344 e. The number of benzene rings is 1. The van der Waals surface area contributed by atoms with Gasteiger partial charge in [0.15, 0.2) is 6.61 Å². The van der Waals surface area contributed by atoms with Crippen molar-refractivity contribution in [3.05, 3.63) is 29.8 Å². The summed E-state index contributed by atoms with van der Waals surface area (Å²) in [6, 6.07) is 8.25. The van der Waals surface area contributed by atoms with Crippen LogP contribution in [0, 0.1) is 10.8 Å². The van der Waals surface area contributed by atoms with Crippen LogP contribution in [0.25, 0.3) is 0 Å². The summed E-state index contributed by atoms with van der Waals surface area (Å²) in [5.41, 5.74) is 1.53. The van der Waals surface area contributed by atoms with E-state index in [9.17, 15) is 4.79 Å². The Hall–Kier alpha value is -1.51. The Balaban J connectivity index is 1.97. The maximum absolute atomic E-state index is 12.3. The molecule has 1 aromatic rings. The number of ether oxygens (including phenoxy) is 2. The summed E-state index contributed by atoms with van der Waals surface area (Å²) < 4.78 is 11.5. The minimum Gasteiger partial charge on any atom is -0.482 e. The monoisotopic (exact) mass is 388 g/mol. The standard InChI is InChI=1S/C25H40O3/c1-8-25(15-9-10-16-25)28-22(26)18-27-20-13-11-19(12-14-20)21(24(5,6)7)17-23(2,3)4/h11-14,21H,8-10,15-18H2,1-7H3. The van der Waals surface area contributed by atoms with Gasteiger partial charge in [0, 0.05) is 0 Å². The van der Waals surface area contributed by atoms with E-state index in [0.717, 1.165) is 44.3 Å². The third-order valence-corrected chi connectivity index (χ3v) is 5.99. The first kappa shape index (κ1) is 22.8. The zero-order chi connectivity index (χ0) is 21.0. The quantitative estimate of drug-likeness (QED) is 0.477. The third-order valence-electron chi connectivity index (χ3n) is 5.99. The molecule has 1 aromatic carbocycles. The predicted octanol–water partition coefficient (Wildman–Crippen LogP) is 6.90. The summed E-state index contributed by atoms with van der Waals surface area (Å²) >= 11 is 0. The predicted molar refractivity (Wildman–Crippen MR) is 116 cm³/mol. The zero-order valence-corrected chi connectivity index (χ0v) is 19.1. The highest BCUT2D eigenvalue weighted by Crippen LogP contribution is 2.43. The molecule has 0 amide bonds. The van der Waals surface area contributed by atoms with Crippen LogP contribution in [-0.2, 0) is 9.53 Å². The van der Waals surface area contributed by atoms with E-state index in [0.29, 0.717) is 5.92 Å². The van der Waals surface area contributed by atoms with Crippen LogP contribution < -0.4 is 4.74 Å². The molecule has 2 rings (SSSR count). The summed E-state index contributed by atoms with van der Waals surface area (Å²) in [5, 5.41) is 0. The molecule has 1 aliphatic rings. The molecule has 3 nitrogen and oxygen atoms in total. The number of carbonyl (C=O) groups excluding carboxylic acids is 1. The van der Waals surface area contributed by atoms with Gasteiger partial charge in [0.25, 0.3) is 0 Å².